The molecule has 1 rings (SSSR count). The summed E-state index contributed by atoms with van der Waals surface area (Å²) in [6.07, 6.45) is 3.97. The van der Waals surface area contributed by atoms with Gasteiger partial charge in [0.1, 0.15) is 11.6 Å². The van der Waals surface area contributed by atoms with Gasteiger partial charge in [0.2, 0.25) is 5.91 Å². The number of ether oxygens (including phenoxy) is 1. The van der Waals surface area contributed by atoms with Crippen LogP contribution in [-0.4, -0.2) is 30.8 Å². The van der Waals surface area contributed by atoms with Gasteiger partial charge in [-0.2, -0.15) is 0 Å². The molecule has 4 nitrogen and oxygen atoms in total. The van der Waals surface area contributed by atoms with Crippen molar-refractivity contribution in [2.24, 2.45) is 0 Å². The molecule has 0 aliphatic carbocycles. The minimum atomic E-state index is -0.352. The van der Waals surface area contributed by atoms with Gasteiger partial charge in [-0.25, -0.2) is 4.39 Å². The zero-order chi connectivity index (χ0) is 14.6. The summed E-state index contributed by atoms with van der Waals surface area (Å²) in [4.78, 5) is 11.5. The van der Waals surface area contributed by atoms with Crippen LogP contribution in [0.3, 0.4) is 0 Å². The summed E-state index contributed by atoms with van der Waals surface area (Å²) in [6.45, 7) is 1.10. The van der Waals surface area contributed by atoms with Gasteiger partial charge in [-0.1, -0.05) is 18.9 Å². The lowest BCUT2D eigenvalue weighted by molar-refractivity contribution is -0.121. The summed E-state index contributed by atoms with van der Waals surface area (Å²) in [6, 6.07) is 5.86. The summed E-state index contributed by atoms with van der Waals surface area (Å²) >= 11 is 0. The first kappa shape index (κ1) is 16.4. The normalized spacial score (nSPS) is 10.3. The van der Waals surface area contributed by atoms with Gasteiger partial charge >= 0.3 is 0 Å². The van der Waals surface area contributed by atoms with Gasteiger partial charge in [-0.3, -0.25) is 4.79 Å². The quantitative estimate of drug-likeness (QED) is 0.648. The summed E-state index contributed by atoms with van der Waals surface area (Å²) < 4.78 is 18.2. The Hall–Kier alpha value is -1.62. The zero-order valence-electron chi connectivity index (χ0n) is 11.6. The Morgan fingerprint density at radius 3 is 2.80 bits per heavy atom. The Morgan fingerprint density at radius 1 is 1.25 bits per heavy atom. The molecular weight excluding hydrogens is 261 g/mol. The predicted molar refractivity (Wildman–Crippen MR) is 75.1 cm³/mol. The Labute approximate surface area is 119 Å². The number of hydrogen-bond acceptors (Lipinski definition) is 3. The average Bonchev–Trinajstić information content (AvgIpc) is 2.43. The Bertz CT molecular complexity index is 398. The molecule has 1 amide bonds. The van der Waals surface area contributed by atoms with Crippen LogP contribution in [0.2, 0.25) is 0 Å². The van der Waals surface area contributed by atoms with Crippen molar-refractivity contribution in [3.63, 3.8) is 0 Å². The minimum absolute atomic E-state index is 0.0661. The molecule has 5 heteroatoms. The molecular formula is C15H22FNO3. The number of carbonyl (C=O) groups is 1. The molecule has 0 fully saturated rings. The maximum Gasteiger partial charge on any atom is 0.223 e. The highest BCUT2D eigenvalue weighted by Crippen LogP contribution is 2.11. The maximum absolute atomic E-state index is 12.9. The van der Waals surface area contributed by atoms with E-state index in [1.54, 1.807) is 12.1 Å². The Morgan fingerprint density at radius 2 is 2.05 bits per heavy atom. The zero-order valence-corrected chi connectivity index (χ0v) is 11.6. The van der Waals surface area contributed by atoms with E-state index in [1.165, 1.54) is 12.1 Å². The number of nitrogens with one attached hydrogen (secondary N) is 1. The van der Waals surface area contributed by atoms with E-state index in [0.717, 1.165) is 25.7 Å². The van der Waals surface area contributed by atoms with Crippen molar-refractivity contribution < 1.29 is 19.0 Å². The van der Waals surface area contributed by atoms with E-state index >= 15 is 0 Å². The first-order valence-electron chi connectivity index (χ1n) is 6.98. The van der Waals surface area contributed by atoms with E-state index in [9.17, 15) is 9.18 Å². The molecule has 0 atom stereocenters. The standard InChI is InChI=1S/C15H22FNO3/c16-13-6-5-7-14(12-13)20-11-8-15(19)17-9-3-1-2-4-10-18/h5-7,12,18H,1-4,8-11H2,(H,17,19). The van der Waals surface area contributed by atoms with E-state index < -0.39 is 0 Å². The summed E-state index contributed by atoms with van der Waals surface area (Å²) in [7, 11) is 0. The lowest BCUT2D eigenvalue weighted by Crippen LogP contribution is -2.25. The van der Waals surface area contributed by atoms with Crippen LogP contribution in [0.5, 0.6) is 5.75 Å². The number of amides is 1. The van der Waals surface area contributed by atoms with Crippen molar-refractivity contribution in [3.05, 3.63) is 30.1 Å². The van der Waals surface area contributed by atoms with Crippen molar-refractivity contribution in [2.45, 2.75) is 32.1 Å². The molecule has 0 bridgehead atoms. The number of hydrogen-bond donors (Lipinski definition) is 2. The van der Waals surface area contributed by atoms with Crippen LogP contribution >= 0.6 is 0 Å². The van der Waals surface area contributed by atoms with Gasteiger partial charge in [-0.15, -0.1) is 0 Å². The molecule has 0 aromatic heterocycles. The SMILES string of the molecule is O=C(CCOc1cccc(F)c1)NCCCCCCO. The van der Waals surface area contributed by atoms with Gasteiger partial charge < -0.3 is 15.2 Å². The van der Waals surface area contributed by atoms with Gasteiger partial charge in [0.25, 0.3) is 0 Å². The molecule has 0 unspecified atom stereocenters. The number of halogens is 1. The van der Waals surface area contributed by atoms with Crippen LogP contribution in [0.4, 0.5) is 4.39 Å². The molecule has 112 valence electrons. The van der Waals surface area contributed by atoms with Crippen LogP contribution in [0.1, 0.15) is 32.1 Å². The fraction of sp³-hybridized carbons (Fsp3) is 0.533. The second-order valence-electron chi connectivity index (χ2n) is 4.54. The number of aliphatic hydroxyl groups excluding tert-OH is 1. The third kappa shape index (κ3) is 7.74. The summed E-state index contributed by atoms with van der Waals surface area (Å²) in [5, 5.41) is 11.4. The molecule has 0 aliphatic heterocycles. The second-order valence-corrected chi connectivity index (χ2v) is 4.54. The lowest BCUT2D eigenvalue weighted by Gasteiger charge is -2.07. The van der Waals surface area contributed by atoms with E-state index in [-0.39, 0.29) is 31.4 Å². The summed E-state index contributed by atoms with van der Waals surface area (Å²) in [5.41, 5.74) is 0. The van der Waals surface area contributed by atoms with Gasteiger partial charge in [0.05, 0.1) is 13.0 Å². The molecule has 0 spiro atoms. The highest BCUT2D eigenvalue weighted by atomic mass is 19.1. The van der Waals surface area contributed by atoms with Crippen LogP contribution in [-0.2, 0) is 4.79 Å². The second kappa shape index (κ2) is 10.2. The molecule has 0 saturated heterocycles. The molecule has 2 N–H and O–H groups in total. The number of aliphatic hydroxyl groups is 1. The first-order chi connectivity index (χ1) is 9.72. The van der Waals surface area contributed by atoms with Crippen LogP contribution in [0.15, 0.2) is 24.3 Å². The molecule has 1 aromatic rings. The maximum atomic E-state index is 12.9. The average molecular weight is 283 g/mol. The van der Waals surface area contributed by atoms with Crippen molar-refractivity contribution in [1.29, 1.82) is 0 Å². The molecule has 0 heterocycles. The largest absolute Gasteiger partial charge is 0.493 e. The molecule has 0 radical (unpaired) electrons. The van der Waals surface area contributed by atoms with Crippen LogP contribution < -0.4 is 10.1 Å². The fourth-order valence-corrected chi connectivity index (χ4v) is 1.72. The Balaban J connectivity index is 2.03. The number of carbonyl (C=O) groups excluding carboxylic acids is 1. The highest BCUT2D eigenvalue weighted by Gasteiger charge is 2.02. The summed E-state index contributed by atoms with van der Waals surface area (Å²) in [5.74, 6) is 0.0141. The van der Waals surface area contributed by atoms with Gasteiger partial charge in [0.15, 0.2) is 0 Å². The lowest BCUT2D eigenvalue weighted by atomic mass is 10.2. The number of unbranched alkanes of at least 4 members (excludes halogenated alkanes) is 3. The van der Waals surface area contributed by atoms with E-state index in [1.807, 2.05) is 0 Å². The molecule has 0 aliphatic rings. The minimum Gasteiger partial charge on any atom is -0.493 e. The highest BCUT2D eigenvalue weighted by molar-refractivity contribution is 5.75. The van der Waals surface area contributed by atoms with Crippen LogP contribution in [0, 0.1) is 5.82 Å². The molecule has 0 saturated carbocycles. The molecule has 20 heavy (non-hydrogen) atoms. The smallest absolute Gasteiger partial charge is 0.223 e. The number of rotatable bonds is 10. The van der Waals surface area contributed by atoms with Crippen molar-refractivity contribution in [3.8, 4) is 5.75 Å². The van der Waals surface area contributed by atoms with Crippen molar-refractivity contribution in [2.75, 3.05) is 19.8 Å². The third-order valence-corrected chi connectivity index (χ3v) is 2.80. The van der Waals surface area contributed by atoms with Gasteiger partial charge in [0, 0.05) is 19.2 Å². The van der Waals surface area contributed by atoms with Crippen molar-refractivity contribution in [1.82, 2.24) is 5.32 Å². The van der Waals surface area contributed by atoms with Gasteiger partial charge in [-0.05, 0) is 25.0 Å². The van der Waals surface area contributed by atoms with Crippen molar-refractivity contribution >= 4 is 5.91 Å². The topological polar surface area (TPSA) is 58.6 Å². The van der Waals surface area contributed by atoms with E-state index in [2.05, 4.69) is 5.32 Å². The third-order valence-electron chi connectivity index (χ3n) is 2.80. The molecule has 1 aromatic carbocycles. The Kier molecular flexibility index (Phi) is 8.38. The van der Waals surface area contributed by atoms with E-state index in [4.69, 9.17) is 9.84 Å². The van der Waals surface area contributed by atoms with Crippen LogP contribution in [0.25, 0.3) is 0 Å². The van der Waals surface area contributed by atoms with E-state index in [0.29, 0.717) is 12.3 Å². The fourth-order valence-electron chi connectivity index (χ4n) is 1.72. The monoisotopic (exact) mass is 283 g/mol. The predicted octanol–water partition coefficient (Wildman–Crippen LogP) is 2.26. The first-order valence-corrected chi connectivity index (χ1v) is 6.98. The number of benzene rings is 1.